The van der Waals surface area contributed by atoms with Crippen LogP contribution in [0, 0.1) is 11.6 Å². The summed E-state index contributed by atoms with van der Waals surface area (Å²) in [6.07, 6.45) is 3.59. The molecule has 2 amide bonds. The molecular formula is C28H21BrF2N2O4S. The Bertz CT molecular complexity index is 1540. The van der Waals surface area contributed by atoms with Crippen LogP contribution < -0.4 is 9.47 Å². The molecule has 1 aliphatic rings. The van der Waals surface area contributed by atoms with E-state index < -0.39 is 11.7 Å². The zero-order valence-corrected chi connectivity index (χ0v) is 22.3. The third-order valence-corrected chi connectivity index (χ3v) is 7.26. The topological polar surface area (TPSA) is 60.8 Å². The van der Waals surface area contributed by atoms with Crippen LogP contribution in [0.4, 0.5) is 13.6 Å². The summed E-state index contributed by atoms with van der Waals surface area (Å²) < 4.78 is 40.9. The Morgan fingerprint density at radius 2 is 1.68 bits per heavy atom. The molecule has 0 N–H and O–H groups in total. The molecule has 1 fully saturated rings. The van der Waals surface area contributed by atoms with E-state index in [0.29, 0.717) is 17.2 Å². The minimum atomic E-state index is -0.423. The smallest absolute Gasteiger partial charge is 0.293 e. The van der Waals surface area contributed by atoms with Gasteiger partial charge in [-0.3, -0.25) is 14.5 Å². The molecule has 2 heterocycles. The van der Waals surface area contributed by atoms with Gasteiger partial charge in [0.25, 0.3) is 11.1 Å². The van der Waals surface area contributed by atoms with Crippen molar-refractivity contribution in [3.05, 3.63) is 99.5 Å². The molecule has 0 atom stereocenters. The third-order valence-electron chi connectivity index (χ3n) is 5.86. The van der Waals surface area contributed by atoms with E-state index in [0.717, 1.165) is 37.6 Å². The zero-order valence-electron chi connectivity index (χ0n) is 19.9. The van der Waals surface area contributed by atoms with Gasteiger partial charge in [0, 0.05) is 27.1 Å². The molecule has 194 valence electrons. The van der Waals surface area contributed by atoms with Crippen molar-refractivity contribution in [2.24, 2.45) is 0 Å². The van der Waals surface area contributed by atoms with E-state index in [9.17, 15) is 18.4 Å². The van der Waals surface area contributed by atoms with E-state index in [2.05, 4.69) is 15.9 Å². The minimum absolute atomic E-state index is 0.0695. The molecule has 0 aliphatic carbocycles. The predicted octanol–water partition coefficient (Wildman–Crippen LogP) is 6.88. The monoisotopic (exact) mass is 598 g/mol. The van der Waals surface area contributed by atoms with Gasteiger partial charge >= 0.3 is 0 Å². The normalized spacial score (nSPS) is 14.6. The number of nitrogens with zero attached hydrogens (tertiary/aromatic N) is 2. The molecule has 1 aliphatic heterocycles. The standard InChI is InChI=1S/C28H21BrF2N2O4S/c29-19-5-10-24-22(16-19)18(17-32(24)11-13-37-25-4-2-1-3-23(25)31)15-26-27(34)33(28(35)38-26)12-14-36-21-8-6-20(30)7-9-21/h1-10,15-17H,11-14H2/b26-15-. The van der Waals surface area contributed by atoms with Crippen LogP contribution in [-0.4, -0.2) is 40.4 Å². The van der Waals surface area contributed by atoms with Crippen LogP contribution >= 0.6 is 27.7 Å². The van der Waals surface area contributed by atoms with Gasteiger partial charge in [0.1, 0.15) is 24.8 Å². The molecule has 0 bridgehead atoms. The molecule has 3 aromatic carbocycles. The van der Waals surface area contributed by atoms with Crippen molar-refractivity contribution in [2.75, 3.05) is 19.8 Å². The highest BCUT2D eigenvalue weighted by Gasteiger charge is 2.35. The van der Waals surface area contributed by atoms with Crippen molar-refractivity contribution in [3.8, 4) is 11.5 Å². The van der Waals surface area contributed by atoms with E-state index in [1.807, 2.05) is 29.0 Å². The highest BCUT2D eigenvalue weighted by atomic mass is 79.9. The number of imide groups is 1. The van der Waals surface area contributed by atoms with E-state index in [1.54, 1.807) is 24.3 Å². The lowest BCUT2D eigenvalue weighted by atomic mass is 10.1. The van der Waals surface area contributed by atoms with Crippen molar-refractivity contribution < 1.29 is 27.8 Å². The summed E-state index contributed by atoms with van der Waals surface area (Å²) in [6, 6.07) is 17.6. The SMILES string of the molecule is O=C1S/C(=C\c2cn(CCOc3ccccc3F)c3ccc(Br)cc23)C(=O)N1CCOc1ccc(F)cc1. The third kappa shape index (κ3) is 5.76. The number of thioether (sulfide) groups is 1. The number of carbonyl (C=O) groups is 2. The summed E-state index contributed by atoms with van der Waals surface area (Å²) in [7, 11) is 0. The maximum atomic E-state index is 13.9. The second-order valence-corrected chi connectivity index (χ2v) is 10.3. The summed E-state index contributed by atoms with van der Waals surface area (Å²) in [5, 5.41) is 0.504. The van der Waals surface area contributed by atoms with Crippen LogP contribution in [0.3, 0.4) is 0 Å². The van der Waals surface area contributed by atoms with Gasteiger partial charge in [0.05, 0.1) is 18.0 Å². The Kier molecular flexibility index (Phi) is 7.80. The Hall–Kier alpha value is -3.63. The predicted molar refractivity (Wildman–Crippen MR) is 146 cm³/mol. The first kappa shape index (κ1) is 26.0. The van der Waals surface area contributed by atoms with Crippen molar-refractivity contribution in [2.45, 2.75) is 6.54 Å². The highest BCUT2D eigenvalue weighted by Crippen LogP contribution is 2.35. The number of para-hydroxylation sites is 1. The van der Waals surface area contributed by atoms with E-state index in [1.165, 1.54) is 30.3 Å². The van der Waals surface area contributed by atoms with Gasteiger partial charge < -0.3 is 14.0 Å². The van der Waals surface area contributed by atoms with Crippen LogP contribution in [-0.2, 0) is 11.3 Å². The Labute approximate surface area is 230 Å². The average molecular weight is 599 g/mol. The Balaban J connectivity index is 1.30. The first-order chi connectivity index (χ1) is 18.4. The molecule has 10 heteroatoms. The first-order valence-electron chi connectivity index (χ1n) is 11.7. The summed E-state index contributed by atoms with van der Waals surface area (Å²) in [5.74, 6) is -0.565. The lowest BCUT2D eigenvalue weighted by Gasteiger charge is -2.13. The van der Waals surface area contributed by atoms with Gasteiger partial charge in [0.15, 0.2) is 11.6 Å². The van der Waals surface area contributed by atoms with Crippen molar-refractivity contribution >= 4 is 55.8 Å². The number of fused-ring (bicyclic) bond motifs is 1. The fourth-order valence-electron chi connectivity index (χ4n) is 4.03. The van der Waals surface area contributed by atoms with Gasteiger partial charge in [0.2, 0.25) is 0 Å². The molecule has 5 rings (SSSR count). The highest BCUT2D eigenvalue weighted by molar-refractivity contribution is 9.10. The lowest BCUT2D eigenvalue weighted by molar-refractivity contribution is -0.123. The number of carbonyl (C=O) groups excluding carboxylic acids is 2. The molecule has 38 heavy (non-hydrogen) atoms. The summed E-state index contributed by atoms with van der Waals surface area (Å²) in [4.78, 5) is 27.0. The van der Waals surface area contributed by atoms with Gasteiger partial charge in [-0.2, -0.15) is 0 Å². The molecule has 0 saturated carbocycles. The van der Waals surface area contributed by atoms with Crippen LogP contribution in [0.5, 0.6) is 11.5 Å². The molecule has 1 saturated heterocycles. The maximum absolute atomic E-state index is 13.9. The van der Waals surface area contributed by atoms with Gasteiger partial charge in [-0.25, -0.2) is 8.78 Å². The summed E-state index contributed by atoms with van der Waals surface area (Å²) in [6.45, 7) is 0.846. The summed E-state index contributed by atoms with van der Waals surface area (Å²) >= 11 is 4.37. The van der Waals surface area contributed by atoms with E-state index in [4.69, 9.17) is 9.47 Å². The molecule has 4 aromatic rings. The Morgan fingerprint density at radius 1 is 0.921 bits per heavy atom. The average Bonchev–Trinajstić information content (AvgIpc) is 3.37. The lowest BCUT2D eigenvalue weighted by Crippen LogP contribution is -2.32. The molecule has 0 spiro atoms. The molecule has 1 aromatic heterocycles. The van der Waals surface area contributed by atoms with E-state index in [-0.39, 0.29) is 36.6 Å². The zero-order chi connectivity index (χ0) is 26.6. The Morgan fingerprint density at radius 3 is 2.47 bits per heavy atom. The van der Waals surface area contributed by atoms with Gasteiger partial charge in [-0.15, -0.1) is 0 Å². The molecular weight excluding hydrogens is 578 g/mol. The number of benzene rings is 3. The van der Waals surface area contributed by atoms with Crippen molar-refractivity contribution in [1.82, 2.24) is 9.47 Å². The van der Waals surface area contributed by atoms with Crippen LogP contribution in [0.2, 0.25) is 0 Å². The number of aromatic nitrogens is 1. The molecule has 6 nitrogen and oxygen atoms in total. The largest absolute Gasteiger partial charge is 0.492 e. The van der Waals surface area contributed by atoms with E-state index >= 15 is 0 Å². The number of rotatable bonds is 9. The number of ether oxygens (including phenoxy) is 2. The fourth-order valence-corrected chi connectivity index (χ4v) is 5.25. The maximum Gasteiger partial charge on any atom is 0.293 e. The second-order valence-electron chi connectivity index (χ2n) is 8.35. The number of halogens is 3. The van der Waals surface area contributed by atoms with Crippen molar-refractivity contribution in [1.29, 1.82) is 0 Å². The number of hydrogen-bond acceptors (Lipinski definition) is 5. The van der Waals surface area contributed by atoms with Crippen LogP contribution in [0.1, 0.15) is 5.56 Å². The molecule has 0 unspecified atom stereocenters. The number of amides is 2. The summed E-state index contributed by atoms with van der Waals surface area (Å²) in [5.41, 5.74) is 1.67. The minimum Gasteiger partial charge on any atom is -0.492 e. The fraction of sp³-hybridized carbons (Fsp3) is 0.143. The number of hydrogen-bond donors (Lipinski definition) is 0. The van der Waals surface area contributed by atoms with Gasteiger partial charge in [-0.05, 0) is 72.4 Å². The second kappa shape index (κ2) is 11.4. The van der Waals surface area contributed by atoms with Crippen LogP contribution in [0.15, 0.2) is 82.3 Å². The van der Waals surface area contributed by atoms with Gasteiger partial charge in [-0.1, -0.05) is 28.1 Å². The first-order valence-corrected chi connectivity index (χ1v) is 13.3. The van der Waals surface area contributed by atoms with Crippen molar-refractivity contribution in [3.63, 3.8) is 0 Å². The molecule has 0 radical (unpaired) electrons. The quantitative estimate of drug-likeness (QED) is 0.197. The van der Waals surface area contributed by atoms with Crippen LogP contribution in [0.25, 0.3) is 17.0 Å².